The summed E-state index contributed by atoms with van der Waals surface area (Å²) < 4.78 is 45.1. The second-order valence-electron chi connectivity index (χ2n) is 9.26. The van der Waals surface area contributed by atoms with Gasteiger partial charge in [-0.3, -0.25) is 9.48 Å². The van der Waals surface area contributed by atoms with Crippen molar-refractivity contribution in [3.8, 4) is 16.9 Å². The van der Waals surface area contributed by atoms with Crippen LogP contribution in [0.2, 0.25) is 0 Å². The van der Waals surface area contributed by atoms with Gasteiger partial charge in [0.1, 0.15) is 0 Å². The first-order valence-corrected chi connectivity index (χ1v) is 12.3. The van der Waals surface area contributed by atoms with E-state index in [4.69, 9.17) is 5.10 Å². The molecule has 192 valence electrons. The van der Waals surface area contributed by atoms with Crippen LogP contribution in [0.15, 0.2) is 42.7 Å². The Balaban J connectivity index is 1.63. The zero-order valence-electron chi connectivity index (χ0n) is 21.0. The Morgan fingerprint density at radius 3 is 2.46 bits per heavy atom. The van der Waals surface area contributed by atoms with Crippen LogP contribution in [0.25, 0.3) is 16.9 Å². The molecule has 0 saturated carbocycles. The minimum atomic E-state index is -1.51. The highest BCUT2D eigenvalue weighted by molar-refractivity contribution is 5.96. The van der Waals surface area contributed by atoms with Crippen LogP contribution in [0, 0.1) is 24.4 Å². The summed E-state index contributed by atoms with van der Waals surface area (Å²) in [6, 6.07) is 6.82. The van der Waals surface area contributed by atoms with E-state index in [0.29, 0.717) is 47.7 Å². The smallest absolute Gasteiger partial charge is 0.275 e. The summed E-state index contributed by atoms with van der Waals surface area (Å²) in [4.78, 5) is 20.6. The number of carbonyl (C=O) groups excluding carboxylic acids is 1. The van der Waals surface area contributed by atoms with Gasteiger partial charge >= 0.3 is 0 Å². The fraction of sp³-hybridized carbons (Fsp3) is 0.333. The summed E-state index contributed by atoms with van der Waals surface area (Å²) in [5.41, 5.74) is 3.77. The second kappa shape index (κ2) is 9.49. The fourth-order valence-electron chi connectivity index (χ4n) is 5.29. The van der Waals surface area contributed by atoms with Gasteiger partial charge in [0.2, 0.25) is 0 Å². The second-order valence-corrected chi connectivity index (χ2v) is 9.26. The molecule has 0 N–H and O–H groups in total. The van der Waals surface area contributed by atoms with E-state index in [2.05, 4.69) is 10.1 Å². The van der Waals surface area contributed by atoms with Gasteiger partial charge in [-0.2, -0.15) is 10.2 Å². The first-order valence-electron chi connectivity index (χ1n) is 12.3. The van der Waals surface area contributed by atoms with Gasteiger partial charge in [0, 0.05) is 42.3 Å². The molecule has 1 aliphatic heterocycles. The summed E-state index contributed by atoms with van der Waals surface area (Å²) in [7, 11) is 1.69. The predicted octanol–water partition coefficient (Wildman–Crippen LogP) is 5.32. The van der Waals surface area contributed by atoms with Gasteiger partial charge in [0.05, 0.1) is 23.1 Å². The Labute approximate surface area is 212 Å². The lowest BCUT2D eigenvalue weighted by molar-refractivity contribution is 0.0506. The van der Waals surface area contributed by atoms with Gasteiger partial charge in [-0.05, 0) is 56.5 Å². The van der Waals surface area contributed by atoms with E-state index < -0.39 is 17.5 Å². The molecule has 2 unspecified atom stereocenters. The molecule has 4 aromatic rings. The molecule has 10 heteroatoms. The Morgan fingerprint density at radius 1 is 1.11 bits per heavy atom. The molecule has 4 heterocycles. The van der Waals surface area contributed by atoms with Gasteiger partial charge in [-0.1, -0.05) is 13.8 Å². The molecule has 3 aromatic heterocycles. The van der Waals surface area contributed by atoms with Crippen LogP contribution >= 0.6 is 0 Å². The molecule has 7 nitrogen and oxygen atoms in total. The Bertz CT molecular complexity index is 1460. The van der Waals surface area contributed by atoms with Gasteiger partial charge in [0.25, 0.3) is 5.91 Å². The molecule has 5 rings (SSSR count). The third kappa shape index (κ3) is 4.10. The lowest BCUT2D eigenvalue weighted by atomic mass is 9.87. The lowest BCUT2D eigenvalue weighted by Gasteiger charge is -2.41. The molecule has 0 fully saturated rings. The van der Waals surface area contributed by atoms with Crippen molar-refractivity contribution >= 4 is 5.91 Å². The molecule has 1 amide bonds. The molecule has 37 heavy (non-hydrogen) atoms. The van der Waals surface area contributed by atoms with E-state index in [-0.39, 0.29) is 23.6 Å². The third-order valence-corrected chi connectivity index (χ3v) is 6.98. The lowest BCUT2D eigenvalue weighted by Crippen LogP contribution is -2.47. The van der Waals surface area contributed by atoms with Crippen LogP contribution < -0.4 is 0 Å². The maximum absolute atomic E-state index is 14.2. The highest BCUT2D eigenvalue weighted by atomic mass is 19.2. The summed E-state index contributed by atoms with van der Waals surface area (Å²) >= 11 is 0. The SMILES string of the molecule is CCC1Cc2c(nn(C)c2-c2cc(F)c(F)c(F)c2)C(CC)N1C(=O)c1nc(C)ccc1-n1cccn1. The average molecular weight is 509 g/mol. The molecule has 0 saturated heterocycles. The minimum absolute atomic E-state index is 0.207. The monoisotopic (exact) mass is 508 g/mol. The highest BCUT2D eigenvalue weighted by Gasteiger charge is 2.41. The highest BCUT2D eigenvalue weighted by Crippen LogP contribution is 2.41. The van der Waals surface area contributed by atoms with Crippen molar-refractivity contribution in [2.75, 3.05) is 0 Å². The van der Waals surface area contributed by atoms with Crippen LogP contribution in [0.1, 0.15) is 60.2 Å². The van der Waals surface area contributed by atoms with E-state index in [1.54, 1.807) is 34.9 Å². The zero-order valence-corrected chi connectivity index (χ0v) is 21.0. The molecule has 1 aromatic carbocycles. The number of nitrogens with zero attached hydrogens (tertiary/aromatic N) is 6. The van der Waals surface area contributed by atoms with E-state index in [9.17, 15) is 18.0 Å². The van der Waals surface area contributed by atoms with Crippen LogP contribution in [0.3, 0.4) is 0 Å². The molecule has 0 radical (unpaired) electrons. The molecule has 0 bridgehead atoms. The van der Waals surface area contributed by atoms with E-state index in [1.165, 1.54) is 0 Å². The Morgan fingerprint density at radius 2 is 1.84 bits per heavy atom. The predicted molar refractivity (Wildman–Crippen MR) is 132 cm³/mol. The molecule has 2 atom stereocenters. The average Bonchev–Trinajstić information content (AvgIpc) is 3.52. The maximum atomic E-state index is 14.2. The van der Waals surface area contributed by atoms with Crippen molar-refractivity contribution in [2.24, 2.45) is 7.05 Å². The molecule has 0 spiro atoms. The topological polar surface area (TPSA) is 68.8 Å². The summed E-state index contributed by atoms with van der Waals surface area (Å²) in [6.45, 7) is 5.79. The normalized spacial score (nSPS) is 17.2. The number of fused-ring (bicyclic) bond motifs is 1. The molecular weight excluding hydrogens is 481 g/mol. The largest absolute Gasteiger partial charge is 0.325 e. The summed E-state index contributed by atoms with van der Waals surface area (Å²) in [5.74, 6) is -4.25. The number of carbonyl (C=O) groups is 1. The van der Waals surface area contributed by atoms with Crippen LogP contribution in [0.5, 0.6) is 0 Å². The fourth-order valence-corrected chi connectivity index (χ4v) is 5.29. The standard InChI is InChI=1S/C27H27F3N6O/c1-5-17-14-18-24(33-34(4)26(18)16-12-19(28)23(30)20(29)13-16)21(6-2)36(17)27(37)25-22(9-8-15(3)32-25)35-11-7-10-31-35/h7-13,17,21H,5-6,14H2,1-4H3. The summed E-state index contributed by atoms with van der Waals surface area (Å²) in [6.07, 6.45) is 5.05. The van der Waals surface area contributed by atoms with Crippen LogP contribution in [-0.4, -0.2) is 41.4 Å². The number of halogens is 3. The molecular formula is C27H27F3N6O. The number of rotatable bonds is 5. The van der Waals surface area contributed by atoms with E-state index in [1.807, 2.05) is 37.8 Å². The Hall–Kier alpha value is -3.95. The minimum Gasteiger partial charge on any atom is -0.325 e. The van der Waals surface area contributed by atoms with Gasteiger partial charge in [0.15, 0.2) is 23.1 Å². The first kappa shape index (κ1) is 24.7. The van der Waals surface area contributed by atoms with Crippen LogP contribution in [-0.2, 0) is 13.5 Å². The third-order valence-electron chi connectivity index (χ3n) is 6.98. The number of hydrogen-bond donors (Lipinski definition) is 0. The number of aromatic nitrogens is 5. The van der Waals surface area contributed by atoms with Crippen molar-refractivity contribution in [1.29, 1.82) is 0 Å². The van der Waals surface area contributed by atoms with E-state index >= 15 is 0 Å². The van der Waals surface area contributed by atoms with Crippen molar-refractivity contribution in [3.63, 3.8) is 0 Å². The molecule has 1 aliphatic rings. The molecule has 0 aliphatic carbocycles. The van der Waals surface area contributed by atoms with Crippen molar-refractivity contribution in [2.45, 2.75) is 52.1 Å². The van der Waals surface area contributed by atoms with Gasteiger partial charge in [-0.25, -0.2) is 22.8 Å². The summed E-state index contributed by atoms with van der Waals surface area (Å²) in [5, 5.41) is 8.98. The van der Waals surface area contributed by atoms with Gasteiger partial charge in [-0.15, -0.1) is 0 Å². The quantitative estimate of drug-likeness (QED) is 0.342. The number of aryl methyl sites for hydroxylation is 2. The first-order chi connectivity index (χ1) is 17.7. The number of hydrogen-bond acceptors (Lipinski definition) is 4. The maximum Gasteiger partial charge on any atom is 0.275 e. The number of amides is 1. The van der Waals surface area contributed by atoms with Crippen molar-refractivity contribution in [1.82, 2.24) is 29.4 Å². The number of pyridine rings is 1. The van der Waals surface area contributed by atoms with E-state index in [0.717, 1.165) is 17.7 Å². The Kier molecular flexibility index (Phi) is 6.35. The van der Waals surface area contributed by atoms with Crippen LogP contribution in [0.4, 0.5) is 13.2 Å². The van der Waals surface area contributed by atoms with Crippen molar-refractivity contribution in [3.05, 3.63) is 82.8 Å². The zero-order chi connectivity index (χ0) is 26.4. The van der Waals surface area contributed by atoms with Crippen molar-refractivity contribution < 1.29 is 18.0 Å². The number of benzene rings is 1. The van der Waals surface area contributed by atoms with Gasteiger partial charge < -0.3 is 4.90 Å².